The summed E-state index contributed by atoms with van der Waals surface area (Å²) in [6.07, 6.45) is -0.887. The number of hydrogen-bond donors (Lipinski definition) is 0. The van der Waals surface area contributed by atoms with Gasteiger partial charge in [-0.15, -0.1) is 0 Å². The molecule has 0 fully saturated rings. The first kappa shape index (κ1) is 14.3. The first-order chi connectivity index (χ1) is 7.02. The number of alkyl halides is 3. The Labute approximate surface area is 87.8 Å². The summed E-state index contributed by atoms with van der Waals surface area (Å²) in [5, 5.41) is 0. The third kappa shape index (κ3) is 8.27. The summed E-state index contributed by atoms with van der Waals surface area (Å²) in [4.78, 5) is 10.8. The highest BCUT2D eigenvalue weighted by Crippen LogP contribution is 2.26. The summed E-state index contributed by atoms with van der Waals surface area (Å²) in [7, 11) is 0. The SMILES string of the molecule is CCOC(=O)CCCC(F)(F)CCCF. The second-order valence-corrected chi connectivity index (χ2v) is 3.31. The van der Waals surface area contributed by atoms with E-state index in [2.05, 4.69) is 4.74 Å². The van der Waals surface area contributed by atoms with E-state index in [1.807, 2.05) is 0 Å². The standard InChI is InChI=1S/C10H17F3O2/c1-2-15-9(14)5-3-6-10(12,13)7-4-8-11/h2-8H2,1H3. The highest BCUT2D eigenvalue weighted by atomic mass is 19.3. The van der Waals surface area contributed by atoms with Crippen LogP contribution in [0, 0.1) is 0 Å². The number of ether oxygens (including phenoxy) is 1. The maximum atomic E-state index is 12.9. The quantitative estimate of drug-likeness (QED) is 0.594. The third-order valence-electron chi connectivity index (χ3n) is 1.90. The van der Waals surface area contributed by atoms with E-state index >= 15 is 0 Å². The maximum Gasteiger partial charge on any atom is 0.305 e. The van der Waals surface area contributed by atoms with Crippen molar-refractivity contribution < 1.29 is 22.7 Å². The third-order valence-corrected chi connectivity index (χ3v) is 1.90. The molecule has 2 nitrogen and oxygen atoms in total. The van der Waals surface area contributed by atoms with Gasteiger partial charge in [-0.25, -0.2) is 8.78 Å². The molecule has 0 aromatic carbocycles. The Morgan fingerprint density at radius 3 is 2.40 bits per heavy atom. The fourth-order valence-electron chi connectivity index (χ4n) is 1.17. The average molecular weight is 226 g/mol. The molecule has 0 unspecified atom stereocenters. The molecule has 15 heavy (non-hydrogen) atoms. The van der Waals surface area contributed by atoms with Crippen molar-refractivity contribution in [1.82, 2.24) is 0 Å². The molecule has 0 aromatic heterocycles. The largest absolute Gasteiger partial charge is 0.466 e. The Hall–Kier alpha value is -0.740. The van der Waals surface area contributed by atoms with E-state index in [1.165, 1.54) is 0 Å². The van der Waals surface area contributed by atoms with Crippen molar-refractivity contribution in [1.29, 1.82) is 0 Å². The number of carbonyl (C=O) groups is 1. The van der Waals surface area contributed by atoms with Gasteiger partial charge in [0.25, 0.3) is 0 Å². The number of esters is 1. The van der Waals surface area contributed by atoms with Crippen LogP contribution >= 0.6 is 0 Å². The van der Waals surface area contributed by atoms with Crippen LogP contribution in [0.5, 0.6) is 0 Å². The monoisotopic (exact) mass is 226 g/mol. The number of hydrogen-bond acceptors (Lipinski definition) is 2. The van der Waals surface area contributed by atoms with Gasteiger partial charge in [-0.05, 0) is 19.8 Å². The molecular weight excluding hydrogens is 209 g/mol. The Bertz CT molecular complexity index is 184. The summed E-state index contributed by atoms with van der Waals surface area (Å²) in [5.74, 6) is -3.32. The number of halogens is 3. The maximum absolute atomic E-state index is 12.9. The summed E-state index contributed by atoms with van der Waals surface area (Å²) < 4.78 is 42.1. The topological polar surface area (TPSA) is 26.3 Å². The van der Waals surface area contributed by atoms with E-state index in [9.17, 15) is 18.0 Å². The van der Waals surface area contributed by atoms with Crippen LogP contribution in [0.2, 0.25) is 0 Å². The van der Waals surface area contributed by atoms with Crippen molar-refractivity contribution in [2.45, 2.75) is 45.0 Å². The zero-order valence-electron chi connectivity index (χ0n) is 8.90. The van der Waals surface area contributed by atoms with Crippen molar-refractivity contribution in [2.75, 3.05) is 13.3 Å². The van der Waals surface area contributed by atoms with Crippen LogP contribution in [-0.2, 0) is 9.53 Å². The van der Waals surface area contributed by atoms with E-state index in [-0.39, 0.29) is 32.3 Å². The Balaban J connectivity index is 3.60. The molecule has 90 valence electrons. The molecule has 0 radical (unpaired) electrons. The lowest BCUT2D eigenvalue weighted by molar-refractivity contribution is -0.143. The Kier molecular flexibility index (Phi) is 7.17. The van der Waals surface area contributed by atoms with Crippen molar-refractivity contribution >= 4 is 5.97 Å². The molecule has 0 spiro atoms. The molecule has 0 aliphatic rings. The van der Waals surface area contributed by atoms with Crippen LogP contribution in [0.15, 0.2) is 0 Å². The van der Waals surface area contributed by atoms with E-state index in [1.54, 1.807) is 6.92 Å². The van der Waals surface area contributed by atoms with Crippen molar-refractivity contribution in [3.63, 3.8) is 0 Å². The van der Waals surface area contributed by atoms with E-state index in [0.717, 1.165) is 0 Å². The van der Waals surface area contributed by atoms with Gasteiger partial charge < -0.3 is 4.74 Å². The lowest BCUT2D eigenvalue weighted by Crippen LogP contribution is -2.17. The molecule has 0 aromatic rings. The number of rotatable bonds is 8. The summed E-state index contributed by atoms with van der Waals surface area (Å²) in [6.45, 7) is 1.19. The van der Waals surface area contributed by atoms with Crippen LogP contribution in [0.25, 0.3) is 0 Å². The predicted molar refractivity (Wildman–Crippen MR) is 50.6 cm³/mol. The van der Waals surface area contributed by atoms with Gasteiger partial charge in [-0.3, -0.25) is 9.18 Å². The molecule has 0 saturated heterocycles. The number of carbonyl (C=O) groups excluding carboxylic acids is 1. The van der Waals surface area contributed by atoms with Gasteiger partial charge in [0.15, 0.2) is 0 Å². The first-order valence-corrected chi connectivity index (χ1v) is 5.11. The molecule has 0 saturated carbocycles. The highest BCUT2D eigenvalue weighted by molar-refractivity contribution is 5.69. The fraction of sp³-hybridized carbons (Fsp3) is 0.900. The highest BCUT2D eigenvalue weighted by Gasteiger charge is 2.27. The Morgan fingerprint density at radius 2 is 1.87 bits per heavy atom. The van der Waals surface area contributed by atoms with Gasteiger partial charge in [-0.1, -0.05) is 0 Å². The zero-order chi connectivity index (χ0) is 11.7. The molecule has 0 aliphatic carbocycles. The molecule has 0 amide bonds. The molecule has 0 heterocycles. The van der Waals surface area contributed by atoms with Crippen LogP contribution in [0.3, 0.4) is 0 Å². The molecular formula is C10H17F3O2. The molecule has 0 rings (SSSR count). The van der Waals surface area contributed by atoms with Crippen LogP contribution in [0.4, 0.5) is 13.2 Å². The van der Waals surface area contributed by atoms with Gasteiger partial charge in [0.2, 0.25) is 5.92 Å². The summed E-state index contributed by atoms with van der Waals surface area (Å²) in [5.41, 5.74) is 0. The van der Waals surface area contributed by atoms with E-state index in [4.69, 9.17) is 0 Å². The van der Waals surface area contributed by atoms with E-state index < -0.39 is 25.0 Å². The fourth-order valence-corrected chi connectivity index (χ4v) is 1.17. The zero-order valence-corrected chi connectivity index (χ0v) is 8.90. The van der Waals surface area contributed by atoms with Crippen molar-refractivity contribution in [3.05, 3.63) is 0 Å². The summed E-state index contributed by atoms with van der Waals surface area (Å²) in [6, 6.07) is 0. The van der Waals surface area contributed by atoms with Gasteiger partial charge >= 0.3 is 5.97 Å². The van der Waals surface area contributed by atoms with Gasteiger partial charge in [0, 0.05) is 19.3 Å². The van der Waals surface area contributed by atoms with Crippen LogP contribution in [-0.4, -0.2) is 25.2 Å². The average Bonchev–Trinajstić information content (AvgIpc) is 2.15. The molecule has 5 heteroatoms. The normalized spacial score (nSPS) is 11.5. The van der Waals surface area contributed by atoms with Crippen LogP contribution in [0.1, 0.15) is 39.0 Å². The van der Waals surface area contributed by atoms with E-state index in [0.29, 0.717) is 0 Å². The minimum absolute atomic E-state index is 0.000938. The summed E-state index contributed by atoms with van der Waals surface area (Å²) >= 11 is 0. The van der Waals surface area contributed by atoms with Crippen molar-refractivity contribution in [2.24, 2.45) is 0 Å². The molecule has 0 bridgehead atoms. The molecule has 0 N–H and O–H groups in total. The van der Waals surface area contributed by atoms with Crippen molar-refractivity contribution in [3.8, 4) is 0 Å². The van der Waals surface area contributed by atoms with Crippen LogP contribution < -0.4 is 0 Å². The lowest BCUT2D eigenvalue weighted by Gasteiger charge is -2.14. The smallest absolute Gasteiger partial charge is 0.305 e. The van der Waals surface area contributed by atoms with Gasteiger partial charge in [-0.2, -0.15) is 0 Å². The second-order valence-electron chi connectivity index (χ2n) is 3.31. The second kappa shape index (κ2) is 7.54. The first-order valence-electron chi connectivity index (χ1n) is 5.11. The van der Waals surface area contributed by atoms with Gasteiger partial charge in [0.05, 0.1) is 13.3 Å². The predicted octanol–water partition coefficient (Wildman–Crippen LogP) is 3.10. The molecule has 0 atom stereocenters. The molecule has 0 aliphatic heterocycles. The lowest BCUT2D eigenvalue weighted by atomic mass is 10.1. The van der Waals surface area contributed by atoms with Gasteiger partial charge in [0.1, 0.15) is 0 Å². The minimum atomic E-state index is -2.86. The Morgan fingerprint density at radius 1 is 1.27 bits per heavy atom. The minimum Gasteiger partial charge on any atom is -0.466 e.